The van der Waals surface area contributed by atoms with Gasteiger partial charge in [-0.1, -0.05) is 17.7 Å². The summed E-state index contributed by atoms with van der Waals surface area (Å²) < 4.78 is 5.22. The van der Waals surface area contributed by atoms with E-state index in [1.807, 2.05) is 6.08 Å². The highest BCUT2D eigenvalue weighted by Gasteiger charge is 2.61. The van der Waals surface area contributed by atoms with Gasteiger partial charge in [-0.3, -0.25) is 29.0 Å². The maximum Gasteiger partial charge on any atom is 0.234 e. The quantitative estimate of drug-likeness (QED) is 0.554. The van der Waals surface area contributed by atoms with Gasteiger partial charge in [-0.25, -0.2) is 0 Å². The van der Waals surface area contributed by atoms with Gasteiger partial charge in [0.1, 0.15) is 11.5 Å². The van der Waals surface area contributed by atoms with Gasteiger partial charge in [0.05, 0.1) is 30.8 Å². The Hall–Kier alpha value is -3.16. The lowest BCUT2D eigenvalue weighted by Crippen LogP contribution is -2.43. The van der Waals surface area contributed by atoms with E-state index in [0.717, 1.165) is 5.57 Å². The molecular formula is C25H28N2O6. The highest BCUT2D eigenvalue weighted by Crippen LogP contribution is 2.58. The lowest BCUT2D eigenvalue weighted by molar-refractivity contribution is -0.141. The molecule has 2 heterocycles. The van der Waals surface area contributed by atoms with E-state index >= 15 is 0 Å². The summed E-state index contributed by atoms with van der Waals surface area (Å²) in [5.74, 6) is -3.37. The number of allylic oxidation sites excluding steroid dienone is 2. The first-order chi connectivity index (χ1) is 15.8. The van der Waals surface area contributed by atoms with Crippen LogP contribution in [0.3, 0.4) is 0 Å². The van der Waals surface area contributed by atoms with Crippen molar-refractivity contribution in [2.24, 2.45) is 29.6 Å². The minimum atomic E-state index is -0.634. The third-order valence-corrected chi connectivity index (χ3v) is 8.04. The second kappa shape index (κ2) is 7.71. The topological polar surface area (TPSA) is 104 Å². The zero-order valence-corrected chi connectivity index (χ0v) is 19.0. The molecule has 2 aliphatic heterocycles. The highest BCUT2D eigenvalue weighted by atomic mass is 16.5. The van der Waals surface area contributed by atoms with Crippen molar-refractivity contribution in [3.8, 4) is 11.5 Å². The number of nitrogens with zero attached hydrogens (tertiary/aromatic N) is 2. The van der Waals surface area contributed by atoms with Crippen molar-refractivity contribution in [3.05, 3.63) is 35.4 Å². The van der Waals surface area contributed by atoms with Gasteiger partial charge < -0.3 is 9.84 Å². The first-order valence-electron chi connectivity index (χ1n) is 11.6. The molecule has 174 valence electrons. The number of phenols is 1. The molecule has 0 bridgehead atoms. The van der Waals surface area contributed by atoms with E-state index in [4.69, 9.17) is 4.74 Å². The second-order valence-electron chi connectivity index (χ2n) is 9.29. The molecule has 4 aliphatic rings. The number of carbonyl (C=O) groups excluding carboxylic acids is 4. The van der Waals surface area contributed by atoms with Crippen LogP contribution < -0.4 is 4.74 Å². The van der Waals surface area contributed by atoms with Crippen LogP contribution in [0, 0.1) is 29.6 Å². The number of carbonyl (C=O) groups is 4. The molecule has 1 aromatic carbocycles. The lowest BCUT2D eigenvalue weighted by Gasteiger charge is -2.44. The van der Waals surface area contributed by atoms with E-state index in [2.05, 4.69) is 0 Å². The Morgan fingerprint density at radius 1 is 0.909 bits per heavy atom. The van der Waals surface area contributed by atoms with Crippen LogP contribution in [-0.2, 0) is 19.2 Å². The van der Waals surface area contributed by atoms with E-state index < -0.39 is 29.6 Å². The third kappa shape index (κ3) is 2.89. The molecule has 1 N–H and O–H groups in total. The van der Waals surface area contributed by atoms with Gasteiger partial charge in [0.2, 0.25) is 23.6 Å². The van der Waals surface area contributed by atoms with Crippen LogP contribution in [0.25, 0.3) is 0 Å². The Labute approximate surface area is 192 Å². The standard InChI is InChI=1S/C25H28N2O6/c1-4-26-22(29)15-9-8-13-16(20(15)24(26)31)11-17-21(25(32)27(5-2)23(17)30)19(13)14-7-6-12(33-3)10-18(14)28/h6-8,10,15-17,19-21,28H,4-5,9,11H2,1-3H3/t15-,16+,17+,19+,20-,21+/m0/s1. The molecule has 0 aromatic heterocycles. The Balaban J connectivity index is 1.66. The van der Waals surface area contributed by atoms with Gasteiger partial charge >= 0.3 is 0 Å². The summed E-state index contributed by atoms with van der Waals surface area (Å²) in [7, 11) is 1.51. The van der Waals surface area contributed by atoms with Crippen molar-refractivity contribution in [2.45, 2.75) is 32.6 Å². The minimum Gasteiger partial charge on any atom is -0.508 e. The molecule has 33 heavy (non-hydrogen) atoms. The van der Waals surface area contributed by atoms with Crippen LogP contribution >= 0.6 is 0 Å². The fourth-order valence-corrected chi connectivity index (χ4v) is 6.60. The first kappa shape index (κ1) is 21.7. The molecule has 0 unspecified atom stereocenters. The van der Waals surface area contributed by atoms with Gasteiger partial charge in [0.25, 0.3) is 0 Å². The van der Waals surface area contributed by atoms with Crippen molar-refractivity contribution in [1.29, 1.82) is 0 Å². The smallest absolute Gasteiger partial charge is 0.234 e. The Kier molecular flexibility index (Phi) is 5.06. The fourth-order valence-electron chi connectivity index (χ4n) is 6.60. The molecule has 8 heteroatoms. The lowest BCUT2D eigenvalue weighted by atomic mass is 9.57. The largest absolute Gasteiger partial charge is 0.508 e. The Bertz CT molecular complexity index is 1090. The van der Waals surface area contributed by atoms with Crippen LogP contribution in [0.2, 0.25) is 0 Å². The van der Waals surface area contributed by atoms with Crippen LogP contribution in [0.1, 0.15) is 38.2 Å². The summed E-state index contributed by atoms with van der Waals surface area (Å²) in [6.45, 7) is 4.16. The summed E-state index contributed by atoms with van der Waals surface area (Å²) in [5.41, 5.74) is 1.43. The van der Waals surface area contributed by atoms with Crippen LogP contribution in [0.5, 0.6) is 11.5 Å². The van der Waals surface area contributed by atoms with Gasteiger partial charge in [0, 0.05) is 30.6 Å². The molecule has 0 spiro atoms. The van der Waals surface area contributed by atoms with E-state index in [-0.39, 0.29) is 41.8 Å². The molecule has 1 aromatic rings. The SMILES string of the molecule is CCN1C(=O)[C@H]2[C@H](CC=C3[C@H]2C[C@H]2C(=O)N(CC)C(=O)[C@H]2[C@H]3c2ccc(OC)cc2O)C1=O. The molecule has 4 amide bonds. The van der Waals surface area contributed by atoms with Crippen LogP contribution in [0.15, 0.2) is 29.8 Å². The normalized spacial score (nSPS) is 33.1. The van der Waals surface area contributed by atoms with Gasteiger partial charge in [-0.05, 0) is 38.7 Å². The average molecular weight is 453 g/mol. The molecule has 1 saturated carbocycles. The van der Waals surface area contributed by atoms with Gasteiger partial charge in [0.15, 0.2) is 0 Å². The molecule has 3 fully saturated rings. The van der Waals surface area contributed by atoms with Gasteiger partial charge in [-0.2, -0.15) is 0 Å². The number of fused-ring (bicyclic) bond motifs is 4. The zero-order chi connectivity index (χ0) is 23.6. The maximum atomic E-state index is 13.4. The van der Waals surface area contributed by atoms with Crippen molar-refractivity contribution in [2.75, 3.05) is 20.2 Å². The Morgan fingerprint density at radius 2 is 1.55 bits per heavy atom. The summed E-state index contributed by atoms with van der Waals surface area (Å²) in [4.78, 5) is 55.3. The Morgan fingerprint density at radius 3 is 2.15 bits per heavy atom. The average Bonchev–Trinajstić information content (AvgIpc) is 3.21. The van der Waals surface area contributed by atoms with E-state index in [1.165, 1.54) is 23.0 Å². The van der Waals surface area contributed by atoms with Crippen molar-refractivity contribution >= 4 is 23.6 Å². The fraction of sp³-hybridized carbons (Fsp3) is 0.520. The number of methoxy groups -OCH3 is 1. The number of amides is 4. The first-order valence-corrected chi connectivity index (χ1v) is 11.6. The van der Waals surface area contributed by atoms with Crippen molar-refractivity contribution < 1.29 is 29.0 Å². The highest BCUT2D eigenvalue weighted by molar-refractivity contribution is 6.08. The summed E-state index contributed by atoms with van der Waals surface area (Å²) >= 11 is 0. The number of aromatic hydroxyl groups is 1. The monoisotopic (exact) mass is 452 g/mol. The summed E-state index contributed by atoms with van der Waals surface area (Å²) in [5, 5.41) is 10.9. The molecule has 2 aliphatic carbocycles. The molecule has 6 atom stereocenters. The van der Waals surface area contributed by atoms with Crippen LogP contribution in [-0.4, -0.2) is 58.7 Å². The molecular weight excluding hydrogens is 424 g/mol. The van der Waals surface area contributed by atoms with Gasteiger partial charge in [-0.15, -0.1) is 0 Å². The number of hydrogen-bond donors (Lipinski definition) is 1. The third-order valence-electron chi connectivity index (χ3n) is 8.04. The van der Waals surface area contributed by atoms with Crippen molar-refractivity contribution in [3.63, 3.8) is 0 Å². The molecule has 2 saturated heterocycles. The summed E-state index contributed by atoms with van der Waals surface area (Å²) in [6, 6.07) is 4.96. The predicted molar refractivity (Wildman–Crippen MR) is 117 cm³/mol. The number of likely N-dealkylation sites (tertiary alicyclic amines) is 2. The molecule has 0 radical (unpaired) electrons. The number of rotatable bonds is 4. The molecule has 5 rings (SSSR count). The maximum absolute atomic E-state index is 13.4. The van der Waals surface area contributed by atoms with Crippen LogP contribution in [0.4, 0.5) is 0 Å². The second-order valence-corrected chi connectivity index (χ2v) is 9.29. The van der Waals surface area contributed by atoms with E-state index in [9.17, 15) is 24.3 Å². The van der Waals surface area contributed by atoms with Crippen molar-refractivity contribution in [1.82, 2.24) is 9.80 Å². The number of benzene rings is 1. The number of imide groups is 2. The minimum absolute atomic E-state index is 0.0130. The van der Waals surface area contributed by atoms with E-state index in [0.29, 0.717) is 30.7 Å². The number of ether oxygens (including phenoxy) is 1. The number of phenolic OH excluding ortho intramolecular Hbond substituents is 1. The predicted octanol–water partition coefficient (Wildman–Crippen LogP) is 2.08. The zero-order valence-electron chi connectivity index (χ0n) is 19.0. The molecule has 8 nitrogen and oxygen atoms in total. The number of hydrogen-bond acceptors (Lipinski definition) is 6. The van der Waals surface area contributed by atoms with E-state index in [1.54, 1.807) is 26.0 Å². The summed E-state index contributed by atoms with van der Waals surface area (Å²) in [6.07, 6.45) is 2.76.